The molecule has 1 nitrogen and oxygen atoms in total. The van der Waals surface area contributed by atoms with E-state index < -0.39 is 0 Å². The minimum atomic E-state index is 1.27. The van der Waals surface area contributed by atoms with Crippen LogP contribution in [0.15, 0.2) is 54.7 Å². The molecular weight excluding hydrogens is 278 g/mol. The van der Waals surface area contributed by atoms with E-state index in [0.29, 0.717) is 0 Å². The zero-order chi connectivity index (χ0) is 16.6. The van der Waals surface area contributed by atoms with E-state index in [1.54, 1.807) is 0 Å². The van der Waals surface area contributed by atoms with Gasteiger partial charge in [-0.1, -0.05) is 36.4 Å². The number of nitrogens with zero attached hydrogens (tertiary/aromatic N) is 1. The fourth-order valence-electron chi connectivity index (χ4n) is 3.21. The summed E-state index contributed by atoms with van der Waals surface area (Å²) < 4.78 is 2.23. The van der Waals surface area contributed by atoms with E-state index in [9.17, 15) is 0 Å². The van der Waals surface area contributed by atoms with Crippen LogP contribution >= 0.6 is 0 Å². The summed E-state index contributed by atoms with van der Waals surface area (Å²) in [6.45, 7) is 8.74. The Morgan fingerprint density at radius 3 is 2.00 bits per heavy atom. The van der Waals surface area contributed by atoms with Crippen molar-refractivity contribution < 1.29 is 4.57 Å². The lowest BCUT2D eigenvalue weighted by atomic mass is 9.93. The molecule has 0 atom stereocenters. The molecule has 23 heavy (non-hydrogen) atoms. The van der Waals surface area contributed by atoms with Crippen molar-refractivity contribution in [3.63, 3.8) is 0 Å². The van der Waals surface area contributed by atoms with Gasteiger partial charge in [-0.3, -0.25) is 0 Å². The third kappa shape index (κ3) is 2.92. The summed E-state index contributed by atoms with van der Waals surface area (Å²) in [6, 6.07) is 17.6. The molecule has 0 amide bonds. The van der Waals surface area contributed by atoms with Crippen LogP contribution in [-0.2, 0) is 7.05 Å². The first-order valence-electron chi connectivity index (χ1n) is 8.11. The Morgan fingerprint density at radius 1 is 0.652 bits per heavy atom. The van der Waals surface area contributed by atoms with Crippen LogP contribution in [0.5, 0.6) is 0 Å². The van der Waals surface area contributed by atoms with Gasteiger partial charge in [0.2, 0.25) is 5.69 Å². The van der Waals surface area contributed by atoms with Gasteiger partial charge < -0.3 is 0 Å². The Balaban J connectivity index is 2.23. The molecule has 0 bridgehead atoms. The highest BCUT2D eigenvalue weighted by atomic mass is 14.9. The van der Waals surface area contributed by atoms with Crippen LogP contribution in [0.4, 0.5) is 0 Å². The molecule has 0 aliphatic rings. The summed E-state index contributed by atoms with van der Waals surface area (Å²) >= 11 is 0. The molecule has 0 radical (unpaired) electrons. The first-order valence-corrected chi connectivity index (χ1v) is 8.11. The van der Waals surface area contributed by atoms with E-state index in [0.717, 1.165) is 0 Å². The first-order chi connectivity index (χ1) is 11.0. The Morgan fingerprint density at radius 2 is 1.30 bits per heavy atom. The molecule has 0 aliphatic heterocycles. The number of hydrogen-bond donors (Lipinski definition) is 0. The summed E-state index contributed by atoms with van der Waals surface area (Å²) in [6.07, 6.45) is 2.21. The van der Waals surface area contributed by atoms with Crippen LogP contribution in [0.3, 0.4) is 0 Å². The van der Waals surface area contributed by atoms with Gasteiger partial charge in [0.05, 0.1) is 0 Å². The lowest BCUT2D eigenvalue weighted by molar-refractivity contribution is -0.660. The van der Waals surface area contributed by atoms with E-state index in [1.807, 2.05) is 0 Å². The molecule has 0 unspecified atom stereocenters. The average molecular weight is 302 g/mol. The topological polar surface area (TPSA) is 3.88 Å². The molecule has 2 aromatic carbocycles. The van der Waals surface area contributed by atoms with Gasteiger partial charge >= 0.3 is 0 Å². The van der Waals surface area contributed by atoms with E-state index >= 15 is 0 Å². The van der Waals surface area contributed by atoms with Crippen molar-refractivity contribution in [3.05, 3.63) is 77.0 Å². The molecule has 3 rings (SSSR count). The van der Waals surface area contributed by atoms with Crippen LogP contribution in [0.1, 0.15) is 22.3 Å². The zero-order valence-corrected chi connectivity index (χ0v) is 14.6. The van der Waals surface area contributed by atoms with Gasteiger partial charge in [-0.25, -0.2) is 4.57 Å². The lowest BCUT2D eigenvalue weighted by Crippen LogP contribution is -2.31. The number of pyridine rings is 1. The maximum absolute atomic E-state index is 2.34. The molecule has 1 heteroatoms. The van der Waals surface area contributed by atoms with Gasteiger partial charge in [-0.05, 0) is 61.6 Å². The van der Waals surface area contributed by atoms with Gasteiger partial charge in [0.15, 0.2) is 6.20 Å². The highest BCUT2D eigenvalue weighted by molar-refractivity contribution is 5.75. The number of aromatic nitrogens is 1. The predicted octanol–water partition coefficient (Wildman–Crippen LogP) is 5.08. The molecule has 0 saturated heterocycles. The van der Waals surface area contributed by atoms with Crippen molar-refractivity contribution in [2.24, 2.45) is 7.05 Å². The summed E-state index contributed by atoms with van der Waals surface area (Å²) in [7, 11) is 2.13. The quantitative estimate of drug-likeness (QED) is 0.581. The third-order valence-corrected chi connectivity index (χ3v) is 4.67. The average Bonchev–Trinajstić information content (AvgIpc) is 2.52. The van der Waals surface area contributed by atoms with Gasteiger partial charge in [-0.2, -0.15) is 0 Å². The summed E-state index contributed by atoms with van der Waals surface area (Å²) in [5, 5.41) is 0. The van der Waals surface area contributed by atoms with Gasteiger partial charge in [0.1, 0.15) is 7.05 Å². The normalized spacial score (nSPS) is 10.8. The first kappa shape index (κ1) is 15.5. The van der Waals surface area contributed by atoms with Crippen LogP contribution in [0, 0.1) is 27.7 Å². The maximum atomic E-state index is 2.34. The van der Waals surface area contributed by atoms with E-state index in [4.69, 9.17) is 0 Å². The molecule has 3 aromatic rings. The monoisotopic (exact) mass is 302 g/mol. The fraction of sp³-hybridized carbons (Fsp3) is 0.227. The Bertz CT molecular complexity index is 861. The number of hydrogen-bond acceptors (Lipinski definition) is 0. The third-order valence-electron chi connectivity index (χ3n) is 4.67. The van der Waals surface area contributed by atoms with Crippen molar-refractivity contribution in [1.82, 2.24) is 0 Å². The largest absolute Gasteiger partial charge is 0.212 e. The molecule has 0 saturated carbocycles. The SMILES string of the molecule is Cc1cc(-c2cc(-c3ccccc3)c(C)cc2C)[n+](C)cc1C. The second-order valence-electron chi connectivity index (χ2n) is 6.48. The Kier molecular flexibility index (Phi) is 4.04. The highest BCUT2D eigenvalue weighted by Gasteiger charge is 2.16. The smallest absolute Gasteiger partial charge is 0.201 e. The Labute approximate surface area is 139 Å². The van der Waals surface area contributed by atoms with Crippen LogP contribution in [0.25, 0.3) is 22.4 Å². The standard InChI is InChI=1S/C22H24N/c1-15-12-22(23(5)14-18(15)4)21-13-20(16(2)11-17(21)3)19-9-7-6-8-10-19/h6-14H,1-5H3/q+1. The van der Waals surface area contributed by atoms with Gasteiger partial charge in [0, 0.05) is 17.2 Å². The lowest BCUT2D eigenvalue weighted by Gasteiger charge is -2.12. The predicted molar refractivity (Wildman–Crippen MR) is 97.4 cm³/mol. The van der Waals surface area contributed by atoms with Gasteiger partial charge in [-0.15, -0.1) is 0 Å². The molecule has 0 fully saturated rings. The van der Waals surface area contributed by atoms with Crippen LogP contribution in [0.2, 0.25) is 0 Å². The van der Waals surface area contributed by atoms with Crippen molar-refractivity contribution in [2.45, 2.75) is 27.7 Å². The summed E-state index contributed by atoms with van der Waals surface area (Å²) in [4.78, 5) is 0. The van der Waals surface area contributed by atoms with Crippen LogP contribution < -0.4 is 4.57 Å². The van der Waals surface area contributed by atoms with Crippen molar-refractivity contribution in [3.8, 4) is 22.4 Å². The molecule has 0 spiro atoms. The molecule has 116 valence electrons. The van der Waals surface area contributed by atoms with E-state index in [-0.39, 0.29) is 0 Å². The van der Waals surface area contributed by atoms with Crippen molar-refractivity contribution in [2.75, 3.05) is 0 Å². The van der Waals surface area contributed by atoms with Crippen LogP contribution in [-0.4, -0.2) is 0 Å². The minimum absolute atomic E-state index is 1.27. The zero-order valence-electron chi connectivity index (χ0n) is 14.6. The van der Waals surface area contributed by atoms with Crippen molar-refractivity contribution in [1.29, 1.82) is 0 Å². The second kappa shape index (κ2) is 6.00. The molecule has 1 heterocycles. The highest BCUT2D eigenvalue weighted by Crippen LogP contribution is 2.31. The number of benzene rings is 2. The van der Waals surface area contributed by atoms with E-state index in [1.165, 1.54) is 44.6 Å². The summed E-state index contributed by atoms with van der Waals surface area (Å²) in [5.74, 6) is 0. The minimum Gasteiger partial charge on any atom is -0.201 e. The van der Waals surface area contributed by atoms with E-state index in [2.05, 4.69) is 94.0 Å². The Hall–Kier alpha value is -2.41. The number of rotatable bonds is 2. The number of aryl methyl sites for hydroxylation is 5. The van der Waals surface area contributed by atoms with Gasteiger partial charge in [0.25, 0.3) is 0 Å². The second-order valence-corrected chi connectivity index (χ2v) is 6.48. The molecule has 1 aromatic heterocycles. The molecular formula is C22H24N+. The molecule has 0 aliphatic carbocycles. The van der Waals surface area contributed by atoms with Crippen molar-refractivity contribution >= 4 is 0 Å². The molecule has 0 N–H and O–H groups in total. The maximum Gasteiger partial charge on any atom is 0.212 e. The fourth-order valence-corrected chi connectivity index (χ4v) is 3.21. The summed E-state index contributed by atoms with van der Waals surface area (Å²) in [5.41, 5.74) is 10.5.